The molecule has 0 spiro atoms. The van der Waals surface area contributed by atoms with Crippen LogP contribution in [0.5, 0.6) is 0 Å². The average molecular weight is 248 g/mol. The second-order valence-corrected chi connectivity index (χ2v) is 5.68. The fraction of sp³-hybridized carbons (Fsp3) is 0.600. The summed E-state index contributed by atoms with van der Waals surface area (Å²) in [7, 11) is 2.00. The van der Waals surface area contributed by atoms with Crippen LogP contribution in [0.1, 0.15) is 25.0 Å². The van der Waals surface area contributed by atoms with Crippen LogP contribution in [-0.4, -0.2) is 32.3 Å². The van der Waals surface area contributed by atoms with Gasteiger partial charge < -0.3 is 15.0 Å². The van der Waals surface area contributed by atoms with Gasteiger partial charge in [0.15, 0.2) is 0 Å². The summed E-state index contributed by atoms with van der Waals surface area (Å²) in [5.41, 5.74) is 4.08. The highest BCUT2D eigenvalue weighted by Crippen LogP contribution is 2.30. The van der Waals surface area contributed by atoms with E-state index in [0.29, 0.717) is 0 Å². The zero-order valence-corrected chi connectivity index (χ0v) is 11.9. The number of rotatable bonds is 3. The summed E-state index contributed by atoms with van der Waals surface area (Å²) in [5, 5.41) is 3.26. The summed E-state index contributed by atoms with van der Waals surface area (Å²) in [6, 6.07) is 6.71. The van der Waals surface area contributed by atoms with Crippen LogP contribution in [0.2, 0.25) is 0 Å². The molecule has 1 saturated heterocycles. The summed E-state index contributed by atoms with van der Waals surface area (Å²) in [4.78, 5) is 2.47. The van der Waals surface area contributed by atoms with E-state index in [4.69, 9.17) is 4.74 Å². The number of hydrogen-bond donors (Lipinski definition) is 1. The molecule has 0 aliphatic carbocycles. The van der Waals surface area contributed by atoms with Crippen LogP contribution < -0.4 is 10.2 Å². The quantitative estimate of drug-likeness (QED) is 0.888. The van der Waals surface area contributed by atoms with Crippen LogP contribution in [0, 0.1) is 6.92 Å². The Balaban J connectivity index is 2.36. The third kappa shape index (κ3) is 2.68. The molecule has 1 fully saturated rings. The minimum atomic E-state index is 0.0655. The molecule has 3 heteroatoms. The Morgan fingerprint density at radius 2 is 2.17 bits per heavy atom. The third-order valence-electron chi connectivity index (χ3n) is 3.54. The van der Waals surface area contributed by atoms with E-state index < -0.39 is 0 Å². The lowest BCUT2D eigenvalue weighted by molar-refractivity contribution is 0.0643. The second kappa shape index (κ2) is 5.29. The maximum absolute atomic E-state index is 5.60. The third-order valence-corrected chi connectivity index (χ3v) is 3.54. The number of ether oxygens (including phenoxy) is 1. The SMILES string of the molecule is CNCc1cc(C)ccc1N1CCOCC1(C)C. The number of anilines is 1. The molecule has 0 aromatic heterocycles. The molecule has 0 atom stereocenters. The van der Waals surface area contributed by atoms with E-state index in [2.05, 4.69) is 49.2 Å². The summed E-state index contributed by atoms with van der Waals surface area (Å²) in [5.74, 6) is 0. The van der Waals surface area contributed by atoms with Crippen LogP contribution in [0.3, 0.4) is 0 Å². The highest BCUT2D eigenvalue weighted by molar-refractivity contribution is 5.57. The largest absolute Gasteiger partial charge is 0.377 e. The van der Waals surface area contributed by atoms with Crippen molar-refractivity contribution in [3.8, 4) is 0 Å². The van der Waals surface area contributed by atoms with Crippen molar-refractivity contribution in [1.29, 1.82) is 0 Å². The molecule has 100 valence electrons. The molecular formula is C15H24N2O. The van der Waals surface area contributed by atoms with E-state index in [-0.39, 0.29) is 5.54 Å². The number of hydrogen-bond acceptors (Lipinski definition) is 3. The fourth-order valence-electron chi connectivity index (χ4n) is 2.61. The van der Waals surface area contributed by atoms with Crippen molar-refractivity contribution in [2.45, 2.75) is 32.9 Å². The van der Waals surface area contributed by atoms with E-state index in [1.165, 1.54) is 16.8 Å². The van der Waals surface area contributed by atoms with Gasteiger partial charge in [0.25, 0.3) is 0 Å². The lowest BCUT2D eigenvalue weighted by Gasteiger charge is -2.44. The molecule has 18 heavy (non-hydrogen) atoms. The summed E-state index contributed by atoms with van der Waals surface area (Å²) < 4.78 is 5.60. The normalized spacial score (nSPS) is 19.0. The zero-order valence-electron chi connectivity index (χ0n) is 11.9. The second-order valence-electron chi connectivity index (χ2n) is 5.68. The summed E-state index contributed by atoms with van der Waals surface area (Å²) >= 11 is 0. The molecule has 1 aromatic rings. The highest BCUT2D eigenvalue weighted by atomic mass is 16.5. The molecule has 0 amide bonds. The lowest BCUT2D eigenvalue weighted by Crippen LogP contribution is -2.53. The number of benzene rings is 1. The van der Waals surface area contributed by atoms with Gasteiger partial charge in [0, 0.05) is 18.8 Å². The molecular weight excluding hydrogens is 224 g/mol. The molecule has 0 radical (unpaired) electrons. The Hall–Kier alpha value is -1.06. The monoisotopic (exact) mass is 248 g/mol. The van der Waals surface area contributed by atoms with Gasteiger partial charge in [-0.15, -0.1) is 0 Å². The Bertz CT molecular complexity index is 415. The number of aryl methyl sites for hydroxylation is 1. The minimum Gasteiger partial charge on any atom is -0.377 e. The molecule has 1 N–H and O–H groups in total. The van der Waals surface area contributed by atoms with Crippen LogP contribution >= 0.6 is 0 Å². The Kier molecular flexibility index (Phi) is 3.93. The van der Waals surface area contributed by atoms with Gasteiger partial charge in [-0.2, -0.15) is 0 Å². The predicted octanol–water partition coefficient (Wildman–Crippen LogP) is 2.33. The number of nitrogens with one attached hydrogen (secondary N) is 1. The van der Waals surface area contributed by atoms with Crippen molar-refractivity contribution in [3.05, 3.63) is 29.3 Å². The van der Waals surface area contributed by atoms with Crippen molar-refractivity contribution < 1.29 is 4.74 Å². The van der Waals surface area contributed by atoms with Gasteiger partial charge in [0.05, 0.1) is 18.8 Å². The lowest BCUT2D eigenvalue weighted by atomic mass is 9.98. The molecule has 3 nitrogen and oxygen atoms in total. The molecule has 1 heterocycles. The van der Waals surface area contributed by atoms with Gasteiger partial charge in [0.1, 0.15) is 0 Å². The van der Waals surface area contributed by atoms with Crippen molar-refractivity contribution in [1.82, 2.24) is 5.32 Å². The molecule has 1 aliphatic heterocycles. The fourth-order valence-corrected chi connectivity index (χ4v) is 2.61. The van der Waals surface area contributed by atoms with Crippen LogP contribution in [0.25, 0.3) is 0 Å². The first-order chi connectivity index (χ1) is 8.54. The van der Waals surface area contributed by atoms with E-state index in [1.54, 1.807) is 0 Å². The average Bonchev–Trinajstić information content (AvgIpc) is 2.30. The van der Waals surface area contributed by atoms with E-state index in [9.17, 15) is 0 Å². The van der Waals surface area contributed by atoms with E-state index >= 15 is 0 Å². The number of morpholine rings is 1. The molecule has 0 unspecified atom stereocenters. The summed E-state index contributed by atoms with van der Waals surface area (Å²) in [6.07, 6.45) is 0. The molecule has 1 aromatic carbocycles. The topological polar surface area (TPSA) is 24.5 Å². The standard InChI is InChI=1S/C15H24N2O/c1-12-5-6-14(13(9-12)10-16-4)17-7-8-18-11-15(17,2)3/h5-6,9,16H,7-8,10-11H2,1-4H3. The maximum Gasteiger partial charge on any atom is 0.0694 e. The van der Waals surface area contributed by atoms with Gasteiger partial charge in [-0.3, -0.25) is 0 Å². The van der Waals surface area contributed by atoms with Gasteiger partial charge in [-0.1, -0.05) is 17.7 Å². The summed E-state index contributed by atoms with van der Waals surface area (Å²) in [6.45, 7) is 10.1. The molecule has 0 saturated carbocycles. The van der Waals surface area contributed by atoms with E-state index in [1.807, 2.05) is 7.05 Å². The van der Waals surface area contributed by atoms with Crippen molar-refractivity contribution >= 4 is 5.69 Å². The minimum absolute atomic E-state index is 0.0655. The van der Waals surface area contributed by atoms with Gasteiger partial charge in [0.2, 0.25) is 0 Å². The smallest absolute Gasteiger partial charge is 0.0694 e. The van der Waals surface area contributed by atoms with Gasteiger partial charge >= 0.3 is 0 Å². The van der Waals surface area contributed by atoms with Crippen LogP contribution in [0.15, 0.2) is 18.2 Å². The van der Waals surface area contributed by atoms with Crippen LogP contribution in [0.4, 0.5) is 5.69 Å². The first kappa shape index (κ1) is 13.4. The van der Waals surface area contributed by atoms with Crippen LogP contribution in [-0.2, 0) is 11.3 Å². The molecule has 0 bridgehead atoms. The van der Waals surface area contributed by atoms with Crippen molar-refractivity contribution in [2.75, 3.05) is 31.7 Å². The molecule has 2 rings (SSSR count). The Morgan fingerprint density at radius 3 is 2.83 bits per heavy atom. The first-order valence-electron chi connectivity index (χ1n) is 6.64. The van der Waals surface area contributed by atoms with Gasteiger partial charge in [-0.05, 0) is 39.4 Å². The van der Waals surface area contributed by atoms with Crippen molar-refractivity contribution in [2.24, 2.45) is 0 Å². The Morgan fingerprint density at radius 1 is 1.39 bits per heavy atom. The number of nitrogens with zero attached hydrogens (tertiary/aromatic N) is 1. The predicted molar refractivity (Wildman–Crippen MR) is 76.2 cm³/mol. The highest BCUT2D eigenvalue weighted by Gasteiger charge is 2.31. The van der Waals surface area contributed by atoms with Gasteiger partial charge in [-0.25, -0.2) is 0 Å². The molecule has 1 aliphatic rings. The van der Waals surface area contributed by atoms with E-state index in [0.717, 1.165) is 26.3 Å². The Labute approximate surface area is 110 Å². The first-order valence-corrected chi connectivity index (χ1v) is 6.64. The van der Waals surface area contributed by atoms with Crippen molar-refractivity contribution in [3.63, 3.8) is 0 Å². The zero-order chi connectivity index (χ0) is 13.2. The maximum atomic E-state index is 5.60.